The van der Waals surface area contributed by atoms with Crippen LogP contribution in [0.1, 0.15) is 44.2 Å². The van der Waals surface area contributed by atoms with Gasteiger partial charge in [0.15, 0.2) is 0 Å². The topological polar surface area (TPSA) is 49.4 Å². The van der Waals surface area contributed by atoms with Crippen molar-refractivity contribution in [1.29, 1.82) is 0 Å². The highest BCUT2D eigenvalue weighted by Gasteiger charge is 2.25. The first-order valence-electron chi connectivity index (χ1n) is 10.4. The zero-order chi connectivity index (χ0) is 21.8. The number of benzene rings is 2. The molecule has 0 heterocycles. The molecule has 0 saturated carbocycles. The molecule has 2 aromatic rings. The monoisotopic (exact) mass is 446 g/mol. The largest absolute Gasteiger partial charge is 0.354 e. The molecule has 0 fully saturated rings. The van der Waals surface area contributed by atoms with Crippen molar-refractivity contribution in [2.75, 3.05) is 12.3 Å². The number of halogens is 1. The molecule has 2 rings (SSSR count). The Labute approximate surface area is 189 Å². The second-order valence-corrected chi connectivity index (χ2v) is 8.80. The summed E-state index contributed by atoms with van der Waals surface area (Å²) < 4.78 is 0. The third kappa shape index (κ3) is 8.41. The summed E-state index contributed by atoms with van der Waals surface area (Å²) in [5.74, 6) is 1.47. The minimum atomic E-state index is -0.524. The van der Waals surface area contributed by atoms with Gasteiger partial charge in [-0.3, -0.25) is 9.59 Å². The second kappa shape index (κ2) is 13.3. The van der Waals surface area contributed by atoms with Gasteiger partial charge in [-0.05, 0) is 36.6 Å². The molecule has 0 aliphatic carbocycles. The molecule has 0 aliphatic rings. The standard InChI is InChI=1S/C24H31ClN2O2S/c1-3-4-15-26-24(29)19(2)27(17-20-10-12-22(25)13-11-20)23(28)14-16-30-18-21-8-6-5-7-9-21/h5-13,19H,3-4,14-18H2,1-2H3,(H,26,29)/t19-/m1/s1. The lowest BCUT2D eigenvalue weighted by Crippen LogP contribution is -2.47. The molecule has 1 atom stereocenters. The number of hydrogen-bond acceptors (Lipinski definition) is 3. The van der Waals surface area contributed by atoms with Crippen LogP contribution in [0.25, 0.3) is 0 Å². The number of carbonyl (C=O) groups is 2. The van der Waals surface area contributed by atoms with Gasteiger partial charge in [0.1, 0.15) is 6.04 Å². The summed E-state index contributed by atoms with van der Waals surface area (Å²) in [7, 11) is 0. The molecule has 0 unspecified atom stereocenters. The average Bonchev–Trinajstić information content (AvgIpc) is 2.76. The lowest BCUT2D eigenvalue weighted by atomic mass is 10.1. The van der Waals surface area contributed by atoms with Crippen molar-refractivity contribution in [2.45, 2.75) is 51.4 Å². The van der Waals surface area contributed by atoms with E-state index in [0.29, 0.717) is 24.5 Å². The lowest BCUT2D eigenvalue weighted by Gasteiger charge is -2.29. The van der Waals surface area contributed by atoms with E-state index in [4.69, 9.17) is 11.6 Å². The van der Waals surface area contributed by atoms with Crippen LogP contribution in [0.2, 0.25) is 5.02 Å². The van der Waals surface area contributed by atoms with E-state index in [9.17, 15) is 9.59 Å². The van der Waals surface area contributed by atoms with Gasteiger partial charge in [0.05, 0.1) is 0 Å². The Hall–Kier alpha value is -1.98. The van der Waals surface area contributed by atoms with Gasteiger partial charge in [-0.2, -0.15) is 11.8 Å². The van der Waals surface area contributed by atoms with E-state index in [-0.39, 0.29) is 11.8 Å². The molecule has 1 N–H and O–H groups in total. The van der Waals surface area contributed by atoms with Crippen molar-refractivity contribution >= 4 is 35.2 Å². The Bertz CT molecular complexity index is 784. The van der Waals surface area contributed by atoms with Crippen molar-refractivity contribution in [3.05, 3.63) is 70.7 Å². The van der Waals surface area contributed by atoms with Crippen LogP contribution in [0.3, 0.4) is 0 Å². The first kappa shape index (κ1) is 24.3. The van der Waals surface area contributed by atoms with Gasteiger partial charge >= 0.3 is 0 Å². The number of hydrogen-bond donors (Lipinski definition) is 1. The molecule has 2 aromatic carbocycles. The zero-order valence-corrected chi connectivity index (χ0v) is 19.3. The van der Waals surface area contributed by atoms with Crippen LogP contribution in [-0.4, -0.2) is 35.1 Å². The number of nitrogens with zero attached hydrogens (tertiary/aromatic N) is 1. The fourth-order valence-corrected chi connectivity index (χ4v) is 3.99. The first-order valence-corrected chi connectivity index (χ1v) is 12.0. The van der Waals surface area contributed by atoms with Gasteiger partial charge in [-0.25, -0.2) is 0 Å². The fraction of sp³-hybridized carbons (Fsp3) is 0.417. The molecule has 0 spiro atoms. The summed E-state index contributed by atoms with van der Waals surface area (Å²) in [6, 6.07) is 17.1. The van der Waals surface area contributed by atoms with Gasteiger partial charge in [0, 0.05) is 36.0 Å². The van der Waals surface area contributed by atoms with Crippen LogP contribution >= 0.6 is 23.4 Å². The van der Waals surface area contributed by atoms with E-state index in [1.807, 2.05) is 30.3 Å². The van der Waals surface area contributed by atoms with Gasteiger partial charge in [0.2, 0.25) is 11.8 Å². The van der Waals surface area contributed by atoms with E-state index in [1.54, 1.807) is 35.7 Å². The van der Waals surface area contributed by atoms with E-state index < -0.39 is 6.04 Å². The third-order valence-corrected chi connectivity index (χ3v) is 6.12. The number of amides is 2. The summed E-state index contributed by atoms with van der Waals surface area (Å²) in [6.07, 6.45) is 2.35. The number of unbranched alkanes of at least 4 members (excludes halogenated alkanes) is 1. The molecule has 4 nitrogen and oxygen atoms in total. The van der Waals surface area contributed by atoms with E-state index in [0.717, 1.165) is 29.9 Å². The Morgan fingerprint density at radius 3 is 2.43 bits per heavy atom. The van der Waals surface area contributed by atoms with Gasteiger partial charge in [-0.15, -0.1) is 0 Å². The average molecular weight is 447 g/mol. The summed E-state index contributed by atoms with van der Waals surface area (Å²) >= 11 is 7.71. The lowest BCUT2D eigenvalue weighted by molar-refractivity contribution is -0.140. The Balaban J connectivity index is 1.96. The Kier molecular flexibility index (Phi) is 10.8. The highest BCUT2D eigenvalue weighted by Crippen LogP contribution is 2.17. The van der Waals surface area contributed by atoms with Gasteiger partial charge in [-0.1, -0.05) is 67.4 Å². The maximum Gasteiger partial charge on any atom is 0.242 e. The second-order valence-electron chi connectivity index (χ2n) is 7.26. The molecule has 2 amide bonds. The molecule has 0 radical (unpaired) electrons. The summed E-state index contributed by atoms with van der Waals surface area (Å²) in [6.45, 7) is 4.91. The molecule has 162 valence electrons. The molecule has 0 bridgehead atoms. The number of nitrogens with one attached hydrogen (secondary N) is 1. The summed E-state index contributed by atoms with van der Waals surface area (Å²) in [5.41, 5.74) is 2.20. The van der Waals surface area contributed by atoms with Crippen molar-refractivity contribution in [2.24, 2.45) is 0 Å². The summed E-state index contributed by atoms with van der Waals surface area (Å²) in [5, 5.41) is 3.60. The van der Waals surface area contributed by atoms with Crippen LogP contribution in [-0.2, 0) is 21.9 Å². The van der Waals surface area contributed by atoms with Crippen LogP contribution in [0.15, 0.2) is 54.6 Å². The fourth-order valence-electron chi connectivity index (χ4n) is 2.97. The Morgan fingerprint density at radius 2 is 1.77 bits per heavy atom. The molecular formula is C24H31ClN2O2S. The molecule has 6 heteroatoms. The molecule has 0 aromatic heterocycles. The normalized spacial score (nSPS) is 11.7. The molecule has 30 heavy (non-hydrogen) atoms. The molecule has 0 aliphatic heterocycles. The quantitative estimate of drug-likeness (QED) is 0.450. The maximum atomic E-state index is 13.0. The van der Waals surface area contributed by atoms with Gasteiger partial charge in [0.25, 0.3) is 0 Å². The number of carbonyl (C=O) groups excluding carboxylic acids is 2. The van der Waals surface area contributed by atoms with E-state index in [1.165, 1.54) is 5.56 Å². The van der Waals surface area contributed by atoms with Crippen LogP contribution in [0.4, 0.5) is 0 Å². The van der Waals surface area contributed by atoms with Gasteiger partial charge < -0.3 is 10.2 Å². The smallest absolute Gasteiger partial charge is 0.242 e. The van der Waals surface area contributed by atoms with E-state index >= 15 is 0 Å². The van der Waals surface area contributed by atoms with E-state index in [2.05, 4.69) is 24.4 Å². The predicted octanol–water partition coefficient (Wildman–Crippen LogP) is 5.30. The van der Waals surface area contributed by atoms with Crippen molar-refractivity contribution < 1.29 is 9.59 Å². The number of rotatable bonds is 12. The predicted molar refractivity (Wildman–Crippen MR) is 127 cm³/mol. The molecule has 0 saturated heterocycles. The third-order valence-electron chi connectivity index (χ3n) is 4.83. The van der Waals surface area contributed by atoms with Crippen molar-refractivity contribution in [3.8, 4) is 0 Å². The first-order chi connectivity index (χ1) is 14.5. The zero-order valence-electron chi connectivity index (χ0n) is 17.8. The van der Waals surface area contributed by atoms with Crippen LogP contribution in [0, 0.1) is 0 Å². The minimum absolute atomic E-state index is 0.0105. The number of thioether (sulfide) groups is 1. The highest BCUT2D eigenvalue weighted by atomic mass is 35.5. The Morgan fingerprint density at radius 1 is 1.07 bits per heavy atom. The highest BCUT2D eigenvalue weighted by molar-refractivity contribution is 7.98. The molecular weight excluding hydrogens is 416 g/mol. The van der Waals surface area contributed by atoms with Crippen molar-refractivity contribution in [1.82, 2.24) is 10.2 Å². The van der Waals surface area contributed by atoms with Crippen LogP contribution < -0.4 is 5.32 Å². The van der Waals surface area contributed by atoms with Crippen LogP contribution in [0.5, 0.6) is 0 Å². The van der Waals surface area contributed by atoms with Crippen molar-refractivity contribution in [3.63, 3.8) is 0 Å². The minimum Gasteiger partial charge on any atom is -0.354 e. The maximum absolute atomic E-state index is 13.0. The summed E-state index contributed by atoms with van der Waals surface area (Å²) in [4.78, 5) is 27.3. The SMILES string of the molecule is CCCCNC(=O)[C@@H](C)N(Cc1ccc(Cl)cc1)C(=O)CCSCc1ccccc1.